The van der Waals surface area contributed by atoms with E-state index in [4.69, 9.17) is 4.98 Å². The molecular formula is C27H25F2N5O2. The highest BCUT2D eigenvalue weighted by atomic mass is 19.1. The number of rotatable bonds is 3. The monoisotopic (exact) mass is 489 g/mol. The Bertz CT molecular complexity index is 1490. The van der Waals surface area contributed by atoms with Crippen molar-refractivity contribution in [3.05, 3.63) is 83.2 Å². The molecule has 1 aliphatic heterocycles. The number of hydrogen-bond donors (Lipinski definition) is 2. The van der Waals surface area contributed by atoms with Crippen LogP contribution in [0.5, 0.6) is 0 Å². The molecular weight excluding hydrogens is 464 g/mol. The number of piperidine rings is 1. The second-order valence-electron chi connectivity index (χ2n) is 9.69. The maximum atomic E-state index is 14.6. The van der Waals surface area contributed by atoms with Crippen LogP contribution in [0.15, 0.2) is 54.7 Å². The first-order chi connectivity index (χ1) is 17.4. The number of amides is 1. The average molecular weight is 490 g/mol. The van der Waals surface area contributed by atoms with Crippen molar-refractivity contribution in [3.8, 4) is 11.3 Å². The highest BCUT2D eigenvalue weighted by molar-refractivity contribution is 5.76. The Labute approximate surface area is 206 Å². The lowest BCUT2D eigenvalue weighted by Crippen LogP contribution is -2.47. The quantitative estimate of drug-likeness (QED) is 0.417. The van der Waals surface area contributed by atoms with E-state index in [1.807, 2.05) is 19.1 Å². The van der Waals surface area contributed by atoms with Gasteiger partial charge in [0.1, 0.15) is 17.2 Å². The third-order valence-electron chi connectivity index (χ3n) is 7.76. The topological polar surface area (TPSA) is 82.8 Å². The molecule has 2 aromatic carbocycles. The minimum Gasteiger partial charge on any atom is -0.465 e. The normalized spacial score (nSPS) is 18.5. The summed E-state index contributed by atoms with van der Waals surface area (Å²) in [5.74, 6) is 0.132. The maximum absolute atomic E-state index is 14.6. The molecule has 2 N–H and O–H groups in total. The zero-order chi connectivity index (χ0) is 25.0. The van der Waals surface area contributed by atoms with E-state index >= 15 is 0 Å². The van der Waals surface area contributed by atoms with E-state index in [-0.39, 0.29) is 11.6 Å². The van der Waals surface area contributed by atoms with Gasteiger partial charge in [-0.25, -0.2) is 23.1 Å². The number of fused-ring (bicyclic) bond motifs is 2. The first-order valence-electron chi connectivity index (χ1n) is 12.0. The second kappa shape index (κ2) is 8.29. The molecule has 0 saturated carbocycles. The molecule has 184 valence electrons. The standard InChI is InChI=1S/C27H25F2N5O2/c1-16-23(18-5-2-3-7-20(18)28)34-22(9-12-30-34)25(31-16)33-13-10-27(11-14-33)15-19-17(6-4-8-21(19)29)24(27)32-26(35)36/h2-9,12,24,32H,10-11,13-15H2,1H3,(H,35,36)/t24-/m1/s1. The molecule has 1 saturated heterocycles. The molecule has 3 heterocycles. The number of hydrogen-bond acceptors (Lipinski definition) is 4. The van der Waals surface area contributed by atoms with Crippen molar-refractivity contribution < 1.29 is 18.7 Å². The number of benzene rings is 2. The predicted octanol–water partition coefficient (Wildman–Crippen LogP) is 5.13. The zero-order valence-electron chi connectivity index (χ0n) is 19.7. The number of aromatic nitrogens is 3. The Morgan fingerprint density at radius 1 is 1.08 bits per heavy atom. The van der Waals surface area contributed by atoms with Gasteiger partial charge >= 0.3 is 6.09 Å². The number of nitrogens with one attached hydrogen (secondary N) is 1. The summed E-state index contributed by atoms with van der Waals surface area (Å²) in [5.41, 5.74) is 3.41. The van der Waals surface area contributed by atoms with E-state index in [2.05, 4.69) is 15.3 Å². The van der Waals surface area contributed by atoms with Gasteiger partial charge in [-0.15, -0.1) is 0 Å². The van der Waals surface area contributed by atoms with E-state index < -0.39 is 17.6 Å². The van der Waals surface area contributed by atoms with Gasteiger partial charge in [0.2, 0.25) is 0 Å². The zero-order valence-corrected chi connectivity index (χ0v) is 19.7. The van der Waals surface area contributed by atoms with Crippen molar-refractivity contribution >= 4 is 17.4 Å². The summed E-state index contributed by atoms with van der Waals surface area (Å²) in [7, 11) is 0. The smallest absolute Gasteiger partial charge is 0.405 e. The SMILES string of the molecule is Cc1nc(N2CCC3(CC2)Cc2c(F)cccc2[C@H]3NC(=O)O)c2ccnn2c1-c1ccccc1F. The third-order valence-corrected chi connectivity index (χ3v) is 7.76. The van der Waals surface area contributed by atoms with Gasteiger partial charge in [-0.2, -0.15) is 5.10 Å². The molecule has 36 heavy (non-hydrogen) atoms. The second-order valence-corrected chi connectivity index (χ2v) is 9.69. The predicted molar refractivity (Wildman–Crippen MR) is 131 cm³/mol. The van der Waals surface area contributed by atoms with Gasteiger partial charge in [0.05, 0.1) is 23.6 Å². The van der Waals surface area contributed by atoms with E-state index in [9.17, 15) is 18.7 Å². The van der Waals surface area contributed by atoms with Crippen molar-refractivity contribution in [1.29, 1.82) is 0 Å². The first-order valence-corrected chi connectivity index (χ1v) is 12.0. The highest BCUT2D eigenvalue weighted by Crippen LogP contribution is 2.53. The highest BCUT2D eigenvalue weighted by Gasteiger charge is 2.49. The Kier molecular flexibility index (Phi) is 5.17. The van der Waals surface area contributed by atoms with Crippen LogP contribution in [0.4, 0.5) is 19.4 Å². The summed E-state index contributed by atoms with van der Waals surface area (Å²) >= 11 is 0. The molecule has 6 rings (SSSR count). The fraction of sp³-hybridized carbons (Fsp3) is 0.296. The maximum Gasteiger partial charge on any atom is 0.405 e. The minimum atomic E-state index is -1.11. The Hall–Kier alpha value is -4.01. The summed E-state index contributed by atoms with van der Waals surface area (Å²) in [6, 6.07) is 12.9. The number of halogens is 2. The third kappa shape index (κ3) is 3.41. The lowest BCUT2D eigenvalue weighted by Gasteiger charge is -2.43. The van der Waals surface area contributed by atoms with Gasteiger partial charge in [0, 0.05) is 24.1 Å². The van der Waals surface area contributed by atoms with Crippen LogP contribution in [-0.4, -0.2) is 38.9 Å². The molecule has 1 atom stereocenters. The summed E-state index contributed by atoms with van der Waals surface area (Å²) in [6.45, 7) is 3.10. The fourth-order valence-corrected chi connectivity index (χ4v) is 6.07. The van der Waals surface area contributed by atoms with Crippen LogP contribution in [0.3, 0.4) is 0 Å². The molecule has 1 amide bonds. The molecule has 4 aromatic rings. The minimum absolute atomic E-state index is 0.286. The van der Waals surface area contributed by atoms with E-state index in [1.54, 1.807) is 35.0 Å². The molecule has 0 bridgehead atoms. The molecule has 1 fully saturated rings. The van der Waals surface area contributed by atoms with E-state index in [1.165, 1.54) is 12.1 Å². The summed E-state index contributed by atoms with van der Waals surface area (Å²) in [6.07, 6.45) is 2.40. The van der Waals surface area contributed by atoms with Crippen LogP contribution >= 0.6 is 0 Å². The largest absolute Gasteiger partial charge is 0.465 e. The Balaban J connectivity index is 1.34. The molecule has 2 aliphatic rings. The van der Waals surface area contributed by atoms with Crippen molar-refractivity contribution in [2.45, 2.75) is 32.2 Å². The van der Waals surface area contributed by atoms with Gasteiger partial charge < -0.3 is 15.3 Å². The fourth-order valence-electron chi connectivity index (χ4n) is 6.07. The van der Waals surface area contributed by atoms with Gasteiger partial charge in [-0.3, -0.25) is 0 Å². The first kappa shape index (κ1) is 22.5. The molecule has 7 nitrogen and oxygen atoms in total. The van der Waals surface area contributed by atoms with Crippen molar-refractivity contribution in [2.24, 2.45) is 5.41 Å². The van der Waals surface area contributed by atoms with Crippen LogP contribution in [0.2, 0.25) is 0 Å². The molecule has 2 aromatic heterocycles. The molecule has 1 spiro atoms. The number of carbonyl (C=O) groups is 1. The number of carboxylic acid groups (broad SMARTS) is 1. The van der Waals surface area contributed by atoms with E-state index in [0.29, 0.717) is 54.9 Å². The average Bonchev–Trinajstić information content (AvgIpc) is 3.45. The van der Waals surface area contributed by atoms with E-state index in [0.717, 1.165) is 16.9 Å². The number of nitrogens with zero attached hydrogens (tertiary/aromatic N) is 4. The van der Waals surface area contributed by atoms with Gasteiger partial charge in [-0.05, 0) is 61.6 Å². The van der Waals surface area contributed by atoms with Crippen LogP contribution in [0.25, 0.3) is 16.8 Å². The van der Waals surface area contributed by atoms with Gasteiger partial charge in [0.25, 0.3) is 0 Å². The number of anilines is 1. The number of aryl methyl sites for hydroxylation is 1. The van der Waals surface area contributed by atoms with Crippen LogP contribution in [-0.2, 0) is 6.42 Å². The lowest BCUT2D eigenvalue weighted by atomic mass is 9.72. The van der Waals surface area contributed by atoms with Crippen molar-refractivity contribution in [3.63, 3.8) is 0 Å². The van der Waals surface area contributed by atoms with Gasteiger partial charge in [0.15, 0.2) is 5.82 Å². The van der Waals surface area contributed by atoms with Crippen LogP contribution in [0.1, 0.15) is 35.7 Å². The Morgan fingerprint density at radius 3 is 2.58 bits per heavy atom. The summed E-state index contributed by atoms with van der Waals surface area (Å²) in [4.78, 5) is 18.7. The van der Waals surface area contributed by atoms with Crippen molar-refractivity contribution in [2.75, 3.05) is 18.0 Å². The summed E-state index contributed by atoms with van der Waals surface area (Å²) < 4.78 is 31.0. The molecule has 1 aliphatic carbocycles. The van der Waals surface area contributed by atoms with Crippen molar-refractivity contribution in [1.82, 2.24) is 19.9 Å². The molecule has 9 heteroatoms. The molecule has 0 radical (unpaired) electrons. The Morgan fingerprint density at radius 2 is 1.83 bits per heavy atom. The lowest BCUT2D eigenvalue weighted by molar-refractivity contribution is 0.141. The van der Waals surface area contributed by atoms with Crippen LogP contribution < -0.4 is 10.2 Å². The van der Waals surface area contributed by atoms with Crippen LogP contribution in [0, 0.1) is 24.0 Å². The van der Waals surface area contributed by atoms with Gasteiger partial charge in [-0.1, -0.05) is 24.3 Å². The summed E-state index contributed by atoms with van der Waals surface area (Å²) in [5, 5.41) is 16.7. The molecule has 0 unspecified atom stereocenters.